The normalized spacial score (nSPS) is 12.5. The van der Waals surface area contributed by atoms with Gasteiger partial charge in [0.25, 0.3) is 0 Å². The quantitative estimate of drug-likeness (QED) is 0.825. The molecule has 0 spiro atoms. The molecule has 1 N–H and O–H groups in total. The molecule has 1 heteroatoms. The Kier molecular flexibility index (Phi) is 3.37. The third kappa shape index (κ3) is 2.55. The molecule has 2 aromatic rings. The third-order valence-corrected chi connectivity index (χ3v) is 3.58. The van der Waals surface area contributed by atoms with Crippen LogP contribution < -0.4 is 5.32 Å². The van der Waals surface area contributed by atoms with E-state index in [-0.39, 0.29) is 0 Å². The van der Waals surface area contributed by atoms with Crippen LogP contribution >= 0.6 is 0 Å². The van der Waals surface area contributed by atoms with Gasteiger partial charge in [-0.2, -0.15) is 0 Å². The number of anilines is 1. The van der Waals surface area contributed by atoms with Gasteiger partial charge in [-0.25, -0.2) is 0 Å². The van der Waals surface area contributed by atoms with Crippen molar-refractivity contribution in [3.8, 4) is 11.1 Å². The highest BCUT2D eigenvalue weighted by atomic mass is 14.9. The average molecular weight is 249 g/mol. The predicted octanol–water partition coefficient (Wildman–Crippen LogP) is 4.74. The molecule has 0 saturated heterocycles. The first-order chi connectivity index (χ1) is 9.36. The van der Waals surface area contributed by atoms with Crippen LogP contribution in [0.4, 0.5) is 5.69 Å². The molecule has 1 nitrogen and oxygen atoms in total. The van der Waals surface area contributed by atoms with Gasteiger partial charge >= 0.3 is 0 Å². The van der Waals surface area contributed by atoms with E-state index in [1.165, 1.54) is 27.9 Å². The van der Waals surface area contributed by atoms with Crippen molar-refractivity contribution in [3.63, 3.8) is 0 Å². The fraction of sp³-hybridized carbons (Fsp3) is 0.222. The summed E-state index contributed by atoms with van der Waals surface area (Å²) in [6.45, 7) is 3.21. The topological polar surface area (TPSA) is 12.0 Å². The number of fused-ring (bicyclic) bond motifs is 1. The van der Waals surface area contributed by atoms with Crippen molar-refractivity contribution in [2.45, 2.75) is 19.8 Å². The Balaban J connectivity index is 1.84. The maximum atomic E-state index is 3.40. The lowest BCUT2D eigenvalue weighted by atomic mass is 10.0. The van der Waals surface area contributed by atoms with Crippen LogP contribution in [-0.4, -0.2) is 6.54 Å². The van der Waals surface area contributed by atoms with E-state index in [4.69, 9.17) is 0 Å². The summed E-state index contributed by atoms with van der Waals surface area (Å²) in [5.41, 5.74) is 6.58. The molecule has 0 radical (unpaired) electrons. The van der Waals surface area contributed by atoms with Gasteiger partial charge in [-0.1, -0.05) is 43.3 Å². The van der Waals surface area contributed by atoms with E-state index in [0.717, 1.165) is 19.4 Å². The molecule has 96 valence electrons. The van der Waals surface area contributed by atoms with Crippen molar-refractivity contribution in [1.29, 1.82) is 0 Å². The fourth-order valence-electron chi connectivity index (χ4n) is 2.48. The molecule has 3 rings (SSSR count). The van der Waals surface area contributed by atoms with E-state index in [0.29, 0.717) is 0 Å². The van der Waals surface area contributed by atoms with E-state index < -0.39 is 0 Å². The molecule has 1 aliphatic carbocycles. The molecule has 0 atom stereocenters. The average Bonchev–Trinajstić information content (AvgIpc) is 2.93. The van der Waals surface area contributed by atoms with Crippen molar-refractivity contribution in [2.75, 3.05) is 11.9 Å². The highest BCUT2D eigenvalue weighted by Crippen LogP contribution is 2.27. The minimum Gasteiger partial charge on any atom is -0.385 e. The van der Waals surface area contributed by atoms with Gasteiger partial charge in [0, 0.05) is 12.2 Å². The van der Waals surface area contributed by atoms with Crippen molar-refractivity contribution in [3.05, 3.63) is 59.7 Å². The van der Waals surface area contributed by atoms with E-state index in [1.54, 1.807) is 0 Å². The van der Waals surface area contributed by atoms with Crippen LogP contribution in [0.25, 0.3) is 17.2 Å². The second-order valence-corrected chi connectivity index (χ2v) is 5.02. The lowest BCUT2D eigenvalue weighted by Gasteiger charge is -2.08. The van der Waals surface area contributed by atoms with Crippen LogP contribution in [0.3, 0.4) is 0 Å². The number of allylic oxidation sites excluding steroid dienone is 1. The largest absolute Gasteiger partial charge is 0.385 e. The zero-order chi connectivity index (χ0) is 13.1. The van der Waals surface area contributed by atoms with Gasteiger partial charge < -0.3 is 5.32 Å². The summed E-state index contributed by atoms with van der Waals surface area (Å²) < 4.78 is 0. The first-order valence-electron chi connectivity index (χ1n) is 7.00. The SMILES string of the molecule is CCCNc1ccc(-c2ccc3c(c2)C=CC3)cc1. The van der Waals surface area contributed by atoms with Crippen LogP contribution in [0.1, 0.15) is 24.5 Å². The molecule has 0 fully saturated rings. The third-order valence-electron chi connectivity index (χ3n) is 3.58. The summed E-state index contributed by atoms with van der Waals surface area (Å²) in [7, 11) is 0. The van der Waals surface area contributed by atoms with Crippen molar-refractivity contribution < 1.29 is 0 Å². The summed E-state index contributed by atoms with van der Waals surface area (Å²) in [6, 6.07) is 15.5. The molecule has 0 aromatic heterocycles. The predicted molar refractivity (Wildman–Crippen MR) is 83.4 cm³/mol. The monoisotopic (exact) mass is 249 g/mol. The molecule has 0 saturated carbocycles. The Morgan fingerprint density at radius 1 is 1.00 bits per heavy atom. The highest BCUT2D eigenvalue weighted by Gasteiger charge is 2.06. The lowest BCUT2D eigenvalue weighted by Crippen LogP contribution is -1.98. The molecular weight excluding hydrogens is 230 g/mol. The van der Waals surface area contributed by atoms with E-state index in [9.17, 15) is 0 Å². The summed E-state index contributed by atoms with van der Waals surface area (Å²) in [5.74, 6) is 0. The van der Waals surface area contributed by atoms with E-state index in [1.807, 2.05) is 0 Å². The highest BCUT2D eigenvalue weighted by molar-refractivity contribution is 5.72. The number of rotatable bonds is 4. The molecule has 2 aromatic carbocycles. The molecule has 0 unspecified atom stereocenters. The van der Waals surface area contributed by atoms with Gasteiger partial charge in [0.05, 0.1) is 0 Å². The standard InChI is InChI=1S/C18H19N/c1-2-12-19-18-10-8-15(9-11-18)17-7-6-14-4-3-5-16(14)13-17/h3,5-11,13,19H,2,4,12H2,1H3. The Morgan fingerprint density at radius 3 is 2.58 bits per heavy atom. The van der Waals surface area contributed by atoms with Gasteiger partial charge in [-0.3, -0.25) is 0 Å². The van der Waals surface area contributed by atoms with Gasteiger partial charge in [0.2, 0.25) is 0 Å². The molecule has 0 aliphatic heterocycles. The fourth-order valence-corrected chi connectivity index (χ4v) is 2.48. The summed E-state index contributed by atoms with van der Waals surface area (Å²) >= 11 is 0. The van der Waals surface area contributed by atoms with Crippen molar-refractivity contribution in [1.82, 2.24) is 0 Å². The van der Waals surface area contributed by atoms with Gasteiger partial charge in [0.15, 0.2) is 0 Å². The minimum absolute atomic E-state index is 1.03. The maximum absolute atomic E-state index is 3.40. The number of hydrogen-bond donors (Lipinski definition) is 1. The first-order valence-corrected chi connectivity index (χ1v) is 7.00. The van der Waals surface area contributed by atoms with Gasteiger partial charge in [-0.15, -0.1) is 0 Å². The molecule has 19 heavy (non-hydrogen) atoms. The Hall–Kier alpha value is -2.02. The van der Waals surface area contributed by atoms with Crippen LogP contribution in [0.2, 0.25) is 0 Å². The summed E-state index contributed by atoms with van der Waals surface area (Å²) in [6.07, 6.45) is 6.68. The van der Waals surface area contributed by atoms with E-state index in [2.05, 4.69) is 66.9 Å². The zero-order valence-corrected chi connectivity index (χ0v) is 11.3. The van der Waals surface area contributed by atoms with E-state index >= 15 is 0 Å². The summed E-state index contributed by atoms with van der Waals surface area (Å²) in [4.78, 5) is 0. The second kappa shape index (κ2) is 5.31. The van der Waals surface area contributed by atoms with Gasteiger partial charge in [-0.05, 0) is 53.3 Å². The van der Waals surface area contributed by atoms with Crippen molar-refractivity contribution in [2.24, 2.45) is 0 Å². The summed E-state index contributed by atoms with van der Waals surface area (Å²) in [5, 5.41) is 3.40. The number of hydrogen-bond acceptors (Lipinski definition) is 1. The smallest absolute Gasteiger partial charge is 0.0340 e. The minimum atomic E-state index is 1.03. The molecule has 0 amide bonds. The molecule has 1 aliphatic rings. The maximum Gasteiger partial charge on any atom is 0.0340 e. The van der Waals surface area contributed by atoms with Crippen molar-refractivity contribution >= 4 is 11.8 Å². The van der Waals surface area contributed by atoms with Crippen LogP contribution in [0.5, 0.6) is 0 Å². The number of benzene rings is 2. The Bertz CT molecular complexity index is 594. The number of nitrogens with one attached hydrogen (secondary N) is 1. The lowest BCUT2D eigenvalue weighted by molar-refractivity contribution is 0.980. The molecular formula is C18H19N. The van der Waals surface area contributed by atoms with Crippen LogP contribution in [-0.2, 0) is 6.42 Å². The van der Waals surface area contributed by atoms with Gasteiger partial charge in [0.1, 0.15) is 0 Å². The van der Waals surface area contributed by atoms with Crippen LogP contribution in [0, 0.1) is 0 Å². The Morgan fingerprint density at radius 2 is 1.79 bits per heavy atom. The molecule has 0 bridgehead atoms. The first kappa shape index (κ1) is 12.0. The molecule has 0 heterocycles. The zero-order valence-electron chi connectivity index (χ0n) is 11.3. The van der Waals surface area contributed by atoms with Crippen LogP contribution in [0.15, 0.2) is 48.5 Å². The second-order valence-electron chi connectivity index (χ2n) is 5.02. The Labute approximate surface area is 115 Å².